The summed E-state index contributed by atoms with van der Waals surface area (Å²) in [6.07, 6.45) is 10.2. The van der Waals surface area contributed by atoms with E-state index < -0.39 is 0 Å². The molecule has 0 saturated heterocycles. The molecule has 10 heteroatoms. The number of halogens is 2. The van der Waals surface area contributed by atoms with Crippen LogP contribution in [-0.2, 0) is 36.1 Å². The average molecular weight is 479 g/mol. The van der Waals surface area contributed by atoms with Crippen LogP contribution in [0.4, 0.5) is 0 Å². The number of ether oxygens (including phenoxy) is 2. The number of aromatic nitrogens is 2. The van der Waals surface area contributed by atoms with Gasteiger partial charge in [0.15, 0.2) is 24.8 Å². The minimum Gasteiger partial charge on any atom is -1.00 e. The molecular weight excluding hydrogens is 455 g/mol. The molecule has 0 amide bonds. The average Bonchev–Trinajstić information content (AvgIpc) is 2.76. The molecule has 0 aliphatic heterocycles. The quantitative estimate of drug-likeness (QED) is 0.135. The van der Waals surface area contributed by atoms with Crippen molar-refractivity contribution in [3.8, 4) is 0 Å². The van der Waals surface area contributed by atoms with E-state index in [1.165, 1.54) is 12.4 Å². The van der Waals surface area contributed by atoms with Crippen LogP contribution in [0.15, 0.2) is 83.6 Å². The fourth-order valence-electron chi connectivity index (χ4n) is 2.80. The molecule has 8 nitrogen and oxygen atoms in total. The van der Waals surface area contributed by atoms with Crippen molar-refractivity contribution in [1.82, 2.24) is 0 Å². The van der Waals surface area contributed by atoms with Gasteiger partial charge in [-0.25, -0.2) is 0 Å². The highest BCUT2D eigenvalue weighted by molar-refractivity contribution is 5.78. The lowest BCUT2D eigenvalue weighted by atomic mass is 10.1. The van der Waals surface area contributed by atoms with E-state index in [0.29, 0.717) is 26.7 Å². The van der Waals surface area contributed by atoms with E-state index in [-0.39, 0.29) is 24.8 Å². The van der Waals surface area contributed by atoms with Gasteiger partial charge in [-0.3, -0.25) is 0 Å². The first kappa shape index (κ1) is 27.0. The number of hydrogen-bond donors (Lipinski definition) is 2. The molecule has 3 aromatic rings. The SMILES string of the molecule is O/N=C/c1ccc[n+](COCc2ccc(COC[n+]3cccc(/C=N/O)c3)cc2)c1.[Cl-].[Cl-]. The Morgan fingerprint density at radius 2 is 1.09 bits per heavy atom. The first-order valence-electron chi connectivity index (χ1n) is 9.33. The van der Waals surface area contributed by atoms with Crippen molar-refractivity contribution in [1.29, 1.82) is 0 Å². The molecule has 0 atom stereocenters. The van der Waals surface area contributed by atoms with Crippen molar-refractivity contribution in [3.63, 3.8) is 0 Å². The third-order valence-corrected chi connectivity index (χ3v) is 4.22. The Balaban J connectivity index is 0.00000256. The van der Waals surface area contributed by atoms with Crippen LogP contribution in [0.25, 0.3) is 0 Å². The van der Waals surface area contributed by atoms with Crippen LogP contribution in [0.2, 0.25) is 0 Å². The minimum atomic E-state index is 0. The Morgan fingerprint density at radius 1 is 0.688 bits per heavy atom. The third kappa shape index (κ3) is 8.99. The van der Waals surface area contributed by atoms with Crippen molar-refractivity contribution in [2.45, 2.75) is 26.7 Å². The lowest BCUT2D eigenvalue weighted by molar-refractivity contribution is -0.734. The van der Waals surface area contributed by atoms with E-state index in [0.717, 1.165) is 22.3 Å². The van der Waals surface area contributed by atoms with Crippen LogP contribution < -0.4 is 33.9 Å². The molecule has 170 valence electrons. The van der Waals surface area contributed by atoms with E-state index in [1.54, 1.807) is 0 Å². The van der Waals surface area contributed by atoms with Crippen LogP contribution in [0.3, 0.4) is 0 Å². The second-order valence-electron chi connectivity index (χ2n) is 6.56. The molecule has 2 heterocycles. The molecule has 1 aromatic carbocycles. The molecular formula is C22H24Cl2N4O4. The van der Waals surface area contributed by atoms with Crippen LogP contribution in [0, 0.1) is 0 Å². The summed E-state index contributed by atoms with van der Waals surface area (Å²) in [5.74, 6) is 0. The van der Waals surface area contributed by atoms with Gasteiger partial charge in [0, 0.05) is 12.1 Å². The molecule has 0 aliphatic carbocycles. The van der Waals surface area contributed by atoms with Crippen LogP contribution >= 0.6 is 0 Å². The molecule has 0 saturated carbocycles. The zero-order chi connectivity index (χ0) is 21.0. The summed E-state index contributed by atoms with van der Waals surface area (Å²) in [5, 5.41) is 23.3. The van der Waals surface area contributed by atoms with Gasteiger partial charge < -0.3 is 44.7 Å². The van der Waals surface area contributed by atoms with Gasteiger partial charge in [0.2, 0.25) is 0 Å². The molecule has 32 heavy (non-hydrogen) atoms. The van der Waals surface area contributed by atoms with Gasteiger partial charge in [-0.1, -0.05) is 34.6 Å². The van der Waals surface area contributed by atoms with Crippen LogP contribution in [0.1, 0.15) is 22.3 Å². The smallest absolute Gasteiger partial charge is 0.252 e. The summed E-state index contributed by atoms with van der Waals surface area (Å²) in [6.45, 7) is 1.77. The summed E-state index contributed by atoms with van der Waals surface area (Å²) in [5.41, 5.74) is 3.72. The van der Waals surface area contributed by atoms with Crippen molar-refractivity contribution >= 4 is 12.4 Å². The highest BCUT2D eigenvalue weighted by Crippen LogP contribution is 2.07. The Labute approximate surface area is 198 Å². The van der Waals surface area contributed by atoms with Gasteiger partial charge in [-0.15, -0.1) is 0 Å². The monoisotopic (exact) mass is 478 g/mol. The lowest BCUT2D eigenvalue weighted by Crippen LogP contribution is -3.00. The van der Waals surface area contributed by atoms with Crippen LogP contribution in [0.5, 0.6) is 0 Å². The second-order valence-corrected chi connectivity index (χ2v) is 6.56. The molecule has 0 unspecified atom stereocenters. The minimum absolute atomic E-state index is 0. The van der Waals surface area contributed by atoms with Crippen molar-refractivity contribution in [2.75, 3.05) is 0 Å². The summed E-state index contributed by atoms with van der Waals surface area (Å²) in [7, 11) is 0. The largest absolute Gasteiger partial charge is 1.00 e. The zero-order valence-electron chi connectivity index (χ0n) is 17.2. The predicted octanol–water partition coefficient (Wildman–Crippen LogP) is -3.77. The van der Waals surface area contributed by atoms with Gasteiger partial charge in [0.25, 0.3) is 13.5 Å². The van der Waals surface area contributed by atoms with Crippen molar-refractivity contribution < 1.29 is 53.8 Å². The third-order valence-electron chi connectivity index (χ3n) is 4.22. The summed E-state index contributed by atoms with van der Waals surface area (Å²) in [6, 6.07) is 15.5. The summed E-state index contributed by atoms with van der Waals surface area (Å²) in [4.78, 5) is 0. The number of nitrogens with zero attached hydrogens (tertiary/aromatic N) is 4. The summed E-state index contributed by atoms with van der Waals surface area (Å²) >= 11 is 0. The molecule has 2 aromatic heterocycles. The van der Waals surface area contributed by atoms with Gasteiger partial charge in [-0.2, -0.15) is 9.13 Å². The normalized spacial score (nSPS) is 10.8. The van der Waals surface area contributed by atoms with Crippen molar-refractivity contribution in [2.24, 2.45) is 10.3 Å². The maximum Gasteiger partial charge on any atom is 0.252 e. The number of pyridine rings is 2. The molecule has 0 spiro atoms. The maximum atomic E-state index is 8.61. The van der Waals surface area contributed by atoms with Gasteiger partial charge in [0.05, 0.1) is 36.8 Å². The van der Waals surface area contributed by atoms with E-state index in [2.05, 4.69) is 10.3 Å². The Kier molecular flexibility index (Phi) is 12.5. The van der Waals surface area contributed by atoms with E-state index in [4.69, 9.17) is 19.9 Å². The van der Waals surface area contributed by atoms with E-state index >= 15 is 0 Å². The topological polar surface area (TPSA) is 91.4 Å². The van der Waals surface area contributed by atoms with Gasteiger partial charge in [0.1, 0.15) is 0 Å². The highest BCUT2D eigenvalue weighted by Gasteiger charge is 2.04. The Bertz CT molecular complexity index is 921. The zero-order valence-corrected chi connectivity index (χ0v) is 18.7. The lowest BCUT2D eigenvalue weighted by Gasteiger charge is -2.05. The predicted molar refractivity (Wildman–Crippen MR) is 108 cm³/mol. The van der Waals surface area contributed by atoms with Crippen molar-refractivity contribution in [3.05, 3.63) is 95.6 Å². The highest BCUT2D eigenvalue weighted by atomic mass is 35.5. The fraction of sp³-hybridized carbons (Fsp3) is 0.182. The molecule has 3 rings (SSSR count). The maximum absolute atomic E-state index is 8.61. The molecule has 0 aliphatic rings. The number of oxime groups is 2. The van der Waals surface area contributed by atoms with Gasteiger partial charge >= 0.3 is 0 Å². The number of rotatable bonds is 10. The van der Waals surface area contributed by atoms with Gasteiger partial charge in [-0.05, 0) is 23.3 Å². The molecule has 0 radical (unpaired) electrons. The first-order chi connectivity index (χ1) is 14.8. The fourth-order valence-corrected chi connectivity index (χ4v) is 2.80. The van der Waals surface area contributed by atoms with Crippen LogP contribution in [-0.4, -0.2) is 22.8 Å². The summed E-state index contributed by atoms with van der Waals surface area (Å²) < 4.78 is 15.2. The number of hydrogen-bond acceptors (Lipinski definition) is 6. The second kappa shape index (κ2) is 14.9. The number of benzene rings is 1. The van der Waals surface area contributed by atoms with E-state index in [1.807, 2.05) is 82.5 Å². The molecule has 2 N–H and O–H groups in total. The Hall–Kier alpha value is -3.04. The first-order valence-corrected chi connectivity index (χ1v) is 9.33. The molecule has 0 bridgehead atoms. The standard InChI is InChI=1S/C22H22N4O4.2ClH/c27-23-11-21-3-1-9-25(13-21)17-29-15-19-5-7-20(8-6-19)16-30-18-26-10-2-4-22(14-26)12-24-28;;/h1-14H,15-18H2;2*1H/b23-11+,24-12+;;. The Morgan fingerprint density at radius 3 is 1.47 bits per heavy atom. The van der Waals surface area contributed by atoms with E-state index in [9.17, 15) is 0 Å². The molecule has 0 fully saturated rings.